The number of aromatic nitrogens is 1. The lowest BCUT2D eigenvalue weighted by Crippen LogP contribution is -2.48. The van der Waals surface area contributed by atoms with E-state index in [1.54, 1.807) is 6.20 Å². The number of nitrogens with one attached hydrogen (secondary N) is 1. The molecule has 0 saturated carbocycles. The Bertz CT molecular complexity index is 823. The number of likely N-dealkylation sites (tertiary alicyclic amines) is 1. The molecule has 1 aliphatic rings. The molecule has 2 heterocycles. The summed E-state index contributed by atoms with van der Waals surface area (Å²) in [5.74, 6) is 0.796. The summed E-state index contributed by atoms with van der Waals surface area (Å²) in [6.45, 7) is 7.73. The number of carbonyl (C=O) groups is 1. The largest absolute Gasteiger partial charge is 0.476 e. The minimum atomic E-state index is -0.671. The molecule has 0 bridgehead atoms. The molecule has 1 aliphatic heterocycles. The second kappa shape index (κ2) is 8.50. The van der Waals surface area contributed by atoms with Crippen molar-refractivity contribution in [2.24, 2.45) is 5.41 Å². The number of hydrogen-bond donors (Lipinski definition) is 1. The molecule has 1 N–H and O–H groups in total. The van der Waals surface area contributed by atoms with E-state index >= 15 is 0 Å². The van der Waals surface area contributed by atoms with Crippen LogP contribution in [0.5, 0.6) is 5.88 Å². The quantitative estimate of drug-likeness (QED) is 0.802. The predicted molar refractivity (Wildman–Crippen MR) is 112 cm³/mol. The number of benzene rings is 1. The molecule has 1 fully saturated rings. The zero-order valence-corrected chi connectivity index (χ0v) is 17.7. The van der Waals surface area contributed by atoms with Gasteiger partial charge >= 0.3 is 0 Å². The average molecular weight is 402 g/mol. The summed E-state index contributed by atoms with van der Waals surface area (Å²) in [4.78, 5) is 19.5. The van der Waals surface area contributed by atoms with Crippen molar-refractivity contribution in [1.82, 2.24) is 15.2 Å². The first kappa shape index (κ1) is 20.6. The second-order valence-corrected chi connectivity index (χ2v) is 8.69. The Morgan fingerprint density at radius 1 is 1.29 bits per heavy atom. The molecular formula is C22H28ClN3O2. The Hall–Kier alpha value is -2.11. The Kier molecular flexibility index (Phi) is 6.26. The van der Waals surface area contributed by atoms with Crippen molar-refractivity contribution in [3.8, 4) is 5.88 Å². The van der Waals surface area contributed by atoms with Crippen LogP contribution in [0.3, 0.4) is 0 Å². The summed E-state index contributed by atoms with van der Waals surface area (Å²) in [5, 5.41) is 3.97. The zero-order valence-electron chi connectivity index (χ0n) is 16.9. The third kappa shape index (κ3) is 4.83. The zero-order chi connectivity index (χ0) is 20.3. The molecule has 1 aromatic carbocycles. The molecule has 3 rings (SSSR count). The van der Waals surface area contributed by atoms with Crippen molar-refractivity contribution in [2.45, 2.75) is 32.7 Å². The van der Waals surface area contributed by atoms with Crippen LogP contribution < -0.4 is 10.1 Å². The summed E-state index contributed by atoms with van der Waals surface area (Å²) < 4.78 is 5.84. The minimum Gasteiger partial charge on any atom is -0.476 e. The van der Waals surface area contributed by atoms with Gasteiger partial charge in [0.05, 0.1) is 5.41 Å². The van der Waals surface area contributed by atoms with Crippen molar-refractivity contribution in [3.63, 3.8) is 0 Å². The molecule has 2 unspecified atom stereocenters. The SMILES string of the molecule is Cc1cccnc1OCC(C)(C)C(=O)NC1CN(C)CC1c1ccc(Cl)cc1. The van der Waals surface area contributed by atoms with Gasteiger partial charge in [0.25, 0.3) is 0 Å². The summed E-state index contributed by atoms with van der Waals surface area (Å²) in [6.07, 6.45) is 1.69. The van der Waals surface area contributed by atoms with Gasteiger partial charge in [0.2, 0.25) is 11.8 Å². The summed E-state index contributed by atoms with van der Waals surface area (Å²) in [7, 11) is 2.08. The van der Waals surface area contributed by atoms with Gasteiger partial charge in [-0.2, -0.15) is 0 Å². The van der Waals surface area contributed by atoms with Crippen molar-refractivity contribution in [1.29, 1.82) is 0 Å². The number of carbonyl (C=O) groups excluding carboxylic acids is 1. The number of halogens is 1. The van der Waals surface area contributed by atoms with E-state index in [-0.39, 0.29) is 24.5 Å². The number of rotatable bonds is 6. The molecule has 1 amide bonds. The molecular weight excluding hydrogens is 374 g/mol. The van der Waals surface area contributed by atoms with Crippen LogP contribution >= 0.6 is 11.6 Å². The molecule has 0 spiro atoms. The van der Waals surface area contributed by atoms with Gasteiger partial charge in [-0.1, -0.05) is 29.8 Å². The van der Waals surface area contributed by atoms with Gasteiger partial charge in [-0.25, -0.2) is 4.98 Å². The van der Waals surface area contributed by atoms with E-state index in [1.165, 1.54) is 5.56 Å². The molecule has 28 heavy (non-hydrogen) atoms. The number of aryl methyl sites for hydroxylation is 1. The lowest BCUT2D eigenvalue weighted by atomic mass is 9.90. The van der Waals surface area contributed by atoms with Crippen LogP contribution in [0.15, 0.2) is 42.6 Å². The van der Waals surface area contributed by atoms with Gasteiger partial charge in [0, 0.05) is 41.8 Å². The maximum absolute atomic E-state index is 13.0. The summed E-state index contributed by atoms with van der Waals surface area (Å²) in [6, 6.07) is 11.8. The number of ether oxygens (including phenoxy) is 1. The number of pyridine rings is 1. The first-order chi connectivity index (χ1) is 13.3. The Morgan fingerprint density at radius 2 is 2.00 bits per heavy atom. The molecule has 1 saturated heterocycles. The Morgan fingerprint density at radius 3 is 2.68 bits per heavy atom. The average Bonchev–Trinajstić information content (AvgIpc) is 3.02. The number of hydrogen-bond acceptors (Lipinski definition) is 4. The van der Waals surface area contributed by atoms with E-state index in [4.69, 9.17) is 16.3 Å². The predicted octanol–water partition coefficient (Wildman–Crippen LogP) is 3.66. The van der Waals surface area contributed by atoms with Crippen molar-refractivity contribution < 1.29 is 9.53 Å². The smallest absolute Gasteiger partial charge is 0.229 e. The lowest BCUT2D eigenvalue weighted by molar-refractivity contribution is -0.131. The fourth-order valence-corrected chi connectivity index (χ4v) is 3.62. The van der Waals surface area contributed by atoms with Crippen LogP contribution in [0.2, 0.25) is 5.02 Å². The van der Waals surface area contributed by atoms with Crippen LogP contribution in [-0.4, -0.2) is 48.6 Å². The minimum absolute atomic E-state index is 0.0136. The fourth-order valence-electron chi connectivity index (χ4n) is 3.49. The van der Waals surface area contributed by atoms with E-state index in [9.17, 15) is 4.79 Å². The number of amides is 1. The molecule has 1 aromatic heterocycles. The normalized spacial score (nSPS) is 20.2. The van der Waals surface area contributed by atoms with E-state index in [2.05, 4.69) is 22.2 Å². The van der Waals surface area contributed by atoms with Crippen LogP contribution in [0, 0.1) is 12.3 Å². The maximum Gasteiger partial charge on any atom is 0.229 e. The van der Waals surface area contributed by atoms with Gasteiger partial charge in [0.1, 0.15) is 6.61 Å². The standard InChI is InChI=1S/C22H28ClN3O2/c1-15-6-5-11-24-20(15)28-14-22(2,3)21(27)25-19-13-26(4)12-18(19)16-7-9-17(23)10-8-16/h5-11,18-19H,12-14H2,1-4H3,(H,25,27). The molecule has 6 heteroatoms. The van der Waals surface area contributed by atoms with Crippen molar-refractivity contribution in [2.75, 3.05) is 26.7 Å². The van der Waals surface area contributed by atoms with Gasteiger partial charge in [-0.15, -0.1) is 0 Å². The highest BCUT2D eigenvalue weighted by Gasteiger charge is 2.37. The molecule has 0 aliphatic carbocycles. The van der Waals surface area contributed by atoms with Crippen LogP contribution in [0.1, 0.15) is 30.9 Å². The number of likely N-dealkylation sites (N-methyl/N-ethyl adjacent to an activating group) is 1. The monoisotopic (exact) mass is 401 g/mol. The molecule has 2 aromatic rings. The molecule has 2 atom stereocenters. The van der Waals surface area contributed by atoms with Gasteiger partial charge in [-0.05, 0) is 51.6 Å². The Balaban J connectivity index is 1.65. The summed E-state index contributed by atoms with van der Waals surface area (Å²) in [5.41, 5.74) is 1.48. The molecule has 150 valence electrons. The third-order valence-electron chi connectivity index (χ3n) is 5.26. The highest BCUT2D eigenvalue weighted by molar-refractivity contribution is 6.30. The highest BCUT2D eigenvalue weighted by atomic mass is 35.5. The van der Waals surface area contributed by atoms with E-state index in [0.717, 1.165) is 23.7 Å². The maximum atomic E-state index is 13.0. The fraction of sp³-hybridized carbons (Fsp3) is 0.455. The Labute approximate surface area is 172 Å². The lowest BCUT2D eigenvalue weighted by Gasteiger charge is -2.28. The van der Waals surface area contributed by atoms with Crippen molar-refractivity contribution in [3.05, 3.63) is 58.7 Å². The van der Waals surface area contributed by atoms with Crippen LogP contribution in [-0.2, 0) is 4.79 Å². The van der Waals surface area contributed by atoms with Gasteiger partial charge in [0.15, 0.2) is 0 Å². The second-order valence-electron chi connectivity index (χ2n) is 8.26. The third-order valence-corrected chi connectivity index (χ3v) is 5.51. The number of nitrogens with zero attached hydrogens (tertiary/aromatic N) is 2. The van der Waals surface area contributed by atoms with Crippen LogP contribution in [0.4, 0.5) is 0 Å². The van der Waals surface area contributed by atoms with E-state index < -0.39 is 5.41 Å². The van der Waals surface area contributed by atoms with Gasteiger partial charge < -0.3 is 15.0 Å². The summed E-state index contributed by atoms with van der Waals surface area (Å²) >= 11 is 6.02. The topological polar surface area (TPSA) is 54.5 Å². The first-order valence-electron chi connectivity index (χ1n) is 9.55. The molecule has 5 nitrogen and oxygen atoms in total. The van der Waals surface area contributed by atoms with E-state index in [1.807, 2.05) is 57.2 Å². The molecule has 0 radical (unpaired) electrons. The van der Waals surface area contributed by atoms with Crippen molar-refractivity contribution >= 4 is 17.5 Å². The van der Waals surface area contributed by atoms with Crippen LogP contribution in [0.25, 0.3) is 0 Å². The first-order valence-corrected chi connectivity index (χ1v) is 9.93. The van der Waals surface area contributed by atoms with E-state index in [0.29, 0.717) is 5.88 Å². The van der Waals surface area contributed by atoms with Gasteiger partial charge in [-0.3, -0.25) is 4.79 Å². The highest BCUT2D eigenvalue weighted by Crippen LogP contribution is 2.29.